The Morgan fingerprint density at radius 1 is 1.18 bits per heavy atom. The van der Waals surface area contributed by atoms with E-state index in [-0.39, 0.29) is 22.9 Å². The van der Waals surface area contributed by atoms with Gasteiger partial charge in [0.25, 0.3) is 11.5 Å². The van der Waals surface area contributed by atoms with Crippen molar-refractivity contribution in [1.29, 1.82) is 0 Å². The number of likely N-dealkylation sites (tertiary alicyclic amines) is 1. The van der Waals surface area contributed by atoms with Crippen LogP contribution in [0.4, 0.5) is 4.39 Å². The minimum atomic E-state index is -0.527. The zero-order valence-corrected chi connectivity index (χ0v) is 15.1. The third-order valence-corrected chi connectivity index (χ3v) is 4.94. The monoisotopic (exact) mass is 378 g/mol. The maximum Gasteiger partial charge on any atom is 0.256 e. The first-order chi connectivity index (χ1) is 13.6. The second kappa shape index (κ2) is 7.72. The van der Waals surface area contributed by atoms with Crippen LogP contribution in [0.15, 0.2) is 59.7 Å². The summed E-state index contributed by atoms with van der Waals surface area (Å²) in [6, 6.07) is 11.0. The van der Waals surface area contributed by atoms with Gasteiger partial charge in [-0.3, -0.25) is 14.6 Å². The fraction of sp³-hybridized carbons (Fsp3) is 0.238. The first kappa shape index (κ1) is 18.0. The van der Waals surface area contributed by atoms with Crippen LogP contribution in [0.5, 0.6) is 0 Å². The lowest BCUT2D eigenvalue weighted by Crippen LogP contribution is -2.40. The van der Waals surface area contributed by atoms with Crippen LogP contribution in [-0.4, -0.2) is 38.8 Å². The third kappa shape index (κ3) is 3.69. The highest BCUT2D eigenvalue weighted by Gasteiger charge is 2.28. The predicted molar refractivity (Wildman–Crippen MR) is 102 cm³/mol. The molecule has 1 unspecified atom stereocenters. The van der Waals surface area contributed by atoms with Gasteiger partial charge in [0.05, 0.1) is 11.3 Å². The minimum Gasteiger partial charge on any atom is -0.338 e. The average Bonchev–Trinajstić information content (AvgIpc) is 2.74. The van der Waals surface area contributed by atoms with Gasteiger partial charge >= 0.3 is 0 Å². The maximum absolute atomic E-state index is 14.0. The van der Waals surface area contributed by atoms with Crippen LogP contribution in [0.2, 0.25) is 0 Å². The summed E-state index contributed by atoms with van der Waals surface area (Å²) in [5, 5.41) is 0. The van der Waals surface area contributed by atoms with Crippen molar-refractivity contribution in [3.8, 4) is 11.3 Å². The van der Waals surface area contributed by atoms with Crippen molar-refractivity contribution in [3.05, 3.63) is 82.4 Å². The Balaban J connectivity index is 1.60. The molecular formula is C21H19FN4O2. The van der Waals surface area contributed by atoms with E-state index >= 15 is 0 Å². The second-order valence-corrected chi connectivity index (χ2v) is 6.82. The average molecular weight is 378 g/mol. The molecule has 1 amide bonds. The molecule has 1 saturated heterocycles. The Kier molecular flexibility index (Phi) is 4.97. The van der Waals surface area contributed by atoms with E-state index < -0.39 is 5.82 Å². The minimum absolute atomic E-state index is 0.0649. The van der Waals surface area contributed by atoms with Gasteiger partial charge < -0.3 is 9.88 Å². The molecule has 142 valence electrons. The number of rotatable bonds is 3. The van der Waals surface area contributed by atoms with Crippen molar-refractivity contribution in [2.45, 2.75) is 18.8 Å². The first-order valence-corrected chi connectivity index (χ1v) is 9.17. The van der Waals surface area contributed by atoms with E-state index in [1.165, 1.54) is 18.2 Å². The highest BCUT2D eigenvalue weighted by Crippen LogP contribution is 2.26. The van der Waals surface area contributed by atoms with Crippen LogP contribution in [0.1, 0.15) is 34.9 Å². The summed E-state index contributed by atoms with van der Waals surface area (Å²) in [4.78, 5) is 37.9. The summed E-state index contributed by atoms with van der Waals surface area (Å²) in [6.07, 6.45) is 4.85. The summed E-state index contributed by atoms with van der Waals surface area (Å²) < 4.78 is 14.0. The van der Waals surface area contributed by atoms with Gasteiger partial charge in [0, 0.05) is 43.0 Å². The Labute approximate surface area is 161 Å². The molecule has 0 spiro atoms. The summed E-state index contributed by atoms with van der Waals surface area (Å²) in [5.41, 5.74) is 1.20. The zero-order chi connectivity index (χ0) is 19.5. The van der Waals surface area contributed by atoms with Crippen molar-refractivity contribution in [2.75, 3.05) is 13.1 Å². The molecule has 28 heavy (non-hydrogen) atoms. The standard InChI is InChI=1S/C21H19FN4O2/c22-17-6-2-1-5-16(17)21(28)26-11-3-4-15(13-26)20-24-18(12-19(27)25-20)14-7-9-23-10-8-14/h1-2,5-10,12,15H,3-4,11,13H2,(H,24,25,27). The van der Waals surface area contributed by atoms with Gasteiger partial charge in [-0.15, -0.1) is 0 Å². The molecule has 2 aromatic heterocycles. The molecule has 0 radical (unpaired) electrons. The Bertz CT molecular complexity index is 1050. The van der Waals surface area contributed by atoms with Crippen molar-refractivity contribution in [2.24, 2.45) is 0 Å². The number of pyridine rings is 1. The molecule has 1 aliphatic heterocycles. The number of amides is 1. The van der Waals surface area contributed by atoms with Crippen LogP contribution in [0, 0.1) is 5.82 Å². The predicted octanol–water partition coefficient (Wildman–Crippen LogP) is 2.99. The number of halogens is 1. The van der Waals surface area contributed by atoms with Crippen molar-refractivity contribution in [3.63, 3.8) is 0 Å². The van der Waals surface area contributed by atoms with Crippen LogP contribution in [0.25, 0.3) is 11.3 Å². The number of H-pyrrole nitrogens is 1. The van der Waals surface area contributed by atoms with Crippen LogP contribution in [0.3, 0.4) is 0 Å². The van der Waals surface area contributed by atoms with Crippen molar-refractivity contribution >= 4 is 5.91 Å². The molecule has 1 aromatic carbocycles. The molecule has 0 aliphatic carbocycles. The van der Waals surface area contributed by atoms with Gasteiger partial charge in [-0.05, 0) is 37.1 Å². The highest BCUT2D eigenvalue weighted by molar-refractivity contribution is 5.94. The first-order valence-electron chi connectivity index (χ1n) is 9.17. The van der Waals surface area contributed by atoms with Gasteiger partial charge in [0.15, 0.2) is 0 Å². The Hall–Kier alpha value is -3.35. The number of aromatic nitrogens is 3. The lowest BCUT2D eigenvalue weighted by molar-refractivity contribution is 0.0699. The number of nitrogens with zero attached hydrogens (tertiary/aromatic N) is 3. The SMILES string of the molecule is O=C(c1ccccc1F)N1CCCC(c2nc(-c3ccncc3)cc(=O)[nH]2)C1. The van der Waals surface area contributed by atoms with Gasteiger partial charge in [-0.2, -0.15) is 0 Å². The number of hydrogen-bond acceptors (Lipinski definition) is 4. The van der Waals surface area contributed by atoms with Crippen LogP contribution < -0.4 is 5.56 Å². The lowest BCUT2D eigenvalue weighted by Gasteiger charge is -2.32. The quantitative estimate of drug-likeness (QED) is 0.760. The second-order valence-electron chi connectivity index (χ2n) is 6.82. The largest absolute Gasteiger partial charge is 0.338 e. The number of aromatic amines is 1. The highest BCUT2D eigenvalue weighted by atomic mass is 19.1. The molecule has 0 saturated carbocycles. The molecule has 6 nitrogen and oxygen atoms in total. The number of nitrogens with one attached hydrogen (secondary N) is 1. The van der Waals surface area contributed by atoms with E-state index in [4.69, 9.17) is 0 Å². The van der Waals surface area contributed by atoms with Crippen LogP contribution >= 0.6 is 0 Å². The fourth-order valence-corrected chi connectivity index (χ4v) is 3.53. The number of piperidine rings is 1. The number of benzene rings is 1. The molecule has 4 rings (SSSR count). The zero-order valence-electron chi connectivity index (χ0n) is 15.1. The summed E-state index contributed by atoms with van der Waals surface area (Å²) in [6.45, 7) is 0.938. The summed E-state index contributed by atoms with van der Waals surface area (Å²) in [7, 11) is 0. The van der Waals surface area contributed by atoms with Crippen molar-refractivity contribution < 1.29 is 9.18 Å². The number of hydrogen-bond donors (Lipinski definition) is 1. The normalized spacial score (nSPS) is 16.8. The topological polar surface area (TPSA) is 79.0 Å². The van der Waals surface area contributed by atoms with E-state index in [1.54, 1.807) is 41.6 Å². The van der Waals surface area contributed by atoms with E-state index in [1.807, 2.05) is 0 Å². The maximum atomic E-state index is 14.0. The fourth-order valence-electron chi connectivity index (χ4n) is 3.53. The third-order valence-electron chi connectivity index (χ3n) is 4.94. The van der Waals surface area contributed by atoms with Crippen molar-refractivity contribution in [1.82, 2.24) is 19.9 Å². The van der Waals surface area contributed by atoms with E-state index in [0.29, 0.717) is 24.6 Å². The smallest absolute Gasteiger partial charge is 0.256 e. The molecule has 7 heteroatoms. The molecule has 1 aliphatic rings. The molecule has 1 atom stereocenters. The lowest BCUT2D eigenvalue weighted by atomic mass is 9.96. The molecule has 1 N–H and O–H groups in total. The number of carbonyl (C=O) groups is 1. The Morgan fingerprint density at radius 2 is 1.96 bits per heavy atom. The Morgan fingerprint density at radius 3 is 2.75 bits per heavy atom. The molecule has 3 aromatic rings. The van der Waals surface area contributed by atoms with Gasteiger partial charge in [-0.1, -0.05) is 12.1 Å². The van der Waals surface area contributed by atoms with E-state index in [2.05, 4.69) is 15.0 Å². The molecule has 1 fully saturated rings. The van der Waals surface area contributed by atoms with Crippen LogP contribution in [-0.2, 0) is 0 Å². The number of carbonyl (C=O) groups excluding carboxylic acids is 1. The molecular weight excluding hydrogens is 359 g/mol. The summed E-state index contributed by atoms with van der Waals surface area (Å²) >= 11 is 0. The van der Waals surface area contributed by atoms with E-state index in [9.17, 15) is 14.0 Å². The van der Waals surface area contributed by atoms with E-state index in [0.717, 1.165) is 18.4 Å². The molecule has 0 bridgehead atoms. The van der Waals surface area contributed by atoms with Gasteiger partial charge in [0.2, 0.25) is 0 Å². The molecule has 3 heterocycles. The van der Waals surface area contributed by atoms with Gasteiger partial charge in [-0.25, -0.2) is 9.37 Å². The summed E-state index contributed by atoms with van der Waals surface area (Å²) in [5.74, 6) is -0.430. The van der Waals surface area contributed by atoms with Gasteiger partial charge in [0.1, 0.15) is 11.6 Å².